The first-order valence-electron chi connectivity index (χ1n) is 12.5. The smallest absolute Gasteiger partial charge is 0.420 e. The molecule has 1 aliphatic heterocycles. The molecular formula is C28H35N3O5. The molecule has 1 aliphatic rings. The van der Waals surface area contributed by atoms with Crippen LogP contribution in [0.5, 0.6) is 0 Å². The van der Waals surface area contributed by atoms with E-state index in [2.05, 4.69) is 17.0 Å². The Morgan fingerprint density at radius 2 is 1.78 bits per heavy atom. The van der Waals surface area contributed by atoms with Crippen molar-refractivity contribution in [2.75, 3.05) is 26.7 Å². The van der Waals surface area contributed by atoms with E-state index in [1.807, 2.05) is 30.1 Å². The topological polar surface area (TPSA) is 85.0 Å². The molecule has 4 rings (SSSR count). The van der Waals surface area contributed by atoms with Gasteiger partial charge in [-0.15, -0.1) is 0 Å². The Bertz CT molecular complexity index is 1270. The van der Waals surface area contributed by atoms with E-state index in [-0.39, 0.29) is 24.9 Å². The van der Waals surface area contributed by atoms with E-state index in [0.717, 1.165) is 30.8 Å². The van der Waals surface area contributed by atoms with E-state index in [1.165, 1.54) is 17.4 Å². The zero-order chi connectivity index (χ0) is 25.9. The molecule has 0 radical (unpaired) electrons. The predicted octanol–water partition coefficient (Wildman–Crippen LogP) is 3.77. The van der Waals surface area contributed by atoms with E-state index in [4.69, 9.17) is 9.15 Å². The van der Waals surface area contributed by atoms with Crippen molar-refractivity contribution in [2.24, 2.45) is 0 Å². The zero-order valence-electron chi connectivity index (χ0n) is 21.5. The minimum Gasteiger partial charge on any atom is -0.459 e. The second-order valence-electron chi connectivity index (χ2n) is 10.5. The summed E-state index contributed by atoms with van der Waals surface area (Å²) in [6, 6.07) is 15.3. The lowest BCUT2D eigenvalue weighted by Crippen LogP contribution is -2.39. The highest BCUT2D eigenvalue weighted by Gasteiger charge is 2.26. The molecule has 1 saturated heterocycles. The Kier molecular flexibility index (Phi) is 7.64. The summed E-state index contributed by atoms with van der Waals surface area (Å²) in [5, 5.41) is 0. The molecular weight excluding hydrogens is 458 g/mol. The predicted molar refractivity (Wildman–Crippen MR) is 138 cm³/mol. The SMILES string of the molecule is CN(C(=O)Cc1ccc2oc(=O)n(CC(=O)OC(C)(C)C)c2c1)[C@H](CN1CCCC1)c1ccccc1. The highest BCUT2D eigenvalue weighted by molar-refractivity contribution is 5.82. The first-order chi connectivity index (χ1) is 17.1. The maximum absolute atomic E-state index is 13.4. The van der Waals surface area contributed by atoms with Crippen molar-refractivity contribution in [2.45, 2.75) is 58.2 Å². The number of esters is 1. The monoisotopic (exact) mass is 493 g/mol. The van der Waals surface area contributed by atoms with E-state index < -0.39 is 17.3 Å². The molecule has 0 unspecified atom stereocenters. The summed E-state index contributed by atoms with van der Waals surface area (Å²) in [4.78, 5) is 42.4. The number of amides is 1. The molecule has 0 saturated carbocycles. The first kappa shape index (κ1) is 25.7. The Hall–Kier alpha value is -3.39. The highest BCUT2D eigenvalue weighted by atomic mass is 16.6. The summed E-state index contributed by atoms with van der Waals surface area (Å²) < 4.78 is 11.9. The van der Waals surface area contributed by atoms with Crippen molar-refractivity contribution in [3.63, 3.8) is 0 Å². The minimum atomic E-state index is -0.660. The third kappa shape index (κ3) is 6.23. The van der Waals surface area contributed by atoms with Crippen LogP contribution in [0.2, 0.25) is 0 Å². The van der Waals surface area contributed by atoms with Crippen LogP contribution >= 0.6 is 0 Å². The Balaban J connectivity index is 1.53. The molecule has 0 N–H and O–H groups in total. The molecule has 8 nitrogen and oxygen atoms in total. The zero-order valence-corrected chi connectivity index (χ0v) is 21.5. The molecule has 1 aromatic heterocycles. The second kappa shape index (κ2) is 10.7. The molecule has 2 heterocycles. The van der Waals surface area contributed by atoms with Gasteiger partial charge in [-0.3, -0.25) is 14.2 Å². The molecule has 0 aliphatic carbocycles. The number of nitrogens with zero attached hydrogens (tertiary/aromatic N) is 3. The van der Waals surface area contributed by atoms with Crippen molar-refractivity contribution in [1.82, 2.24) is 14.4 Å². The van der Waals surface area contributed by atoms with Crippen LogP contribution in [0.4, 0.5) is 0 Å². The molecule has 1 amide bonds. The summed E-state index contributed by atoms with van der Waals surface area (Å²) in [7, 11) is 1.85. The van der Waals surface area contributed by atoms with Gasteiger partial charge in [0.2, 0.25) is 5.91 Å². The number of carbonyl (C=O) groups is 2. The Morgan fingerprint density at radius 3 is 2.44 bits per heavy atom. The average Bonchev–Trinajstić information content (AvgIpc) is 3.44. The number of likely N-dealkylation sites (tertiary alicyclic amines) is 1. The first-order valence-corrected chi connectivity index (χ1v) is 12.5. The van der Waals surface area contributed by atoms with Gasteiger partial charge in [-0.2, -0.15) is 0 Å². The molecule has 3 aromatic rings. The number of ether oxygens (including phenoxy) is 1. The van der Waals surface area contributed by atoms with Gasteiger partial charge in [0, 0.05) is 13.6 Å². The lowest BCUT2D eigenvalue weighted by atomic mass is 10.0. The van der Waals surface area contributed by atoms with Crippen LogP contribution in [0.3, 0.4) is 0 Å². The number of oxazole rings is 1. The van der Waals surface area contributed by atoms with Crippen molar-refractivity contribution < 1.29 is 18.7 Å². The van der Waals surface area contributed by atoms with Gasteiger partial charge in [-0.05, 0) is 70.0 Å². The fourth-order valence-corrected chi connectivity index (χ4v) is 4.68. The van der Waals surface area contributed by atoms with Crippen molar-refractivity contribution >= 4 is 23.0 Å². The van der Waals surface area contributed by atoms with Gasteiger partial charge in [-0.25, -0.2) is 4.79 Å². The number of likely N-dealkylation sites (N-methyl/N-ethyl adjacent to an activating group) is 1. The molecule has 192 valence electrons. The van der Waals surface area contributed by atoms with Crippen molar-refractivity contribution in [3.05, 3.63) is 70.2 Å². The summed E-state index contributed by atoms with van der Waals surface area (Å²) in [5.74, 6) is -1.18. The van der Waals surface area contributed by atoms with E-state index in [0.29, 0.717) is 11.1 Å². The fourth-order valence-electron chi connectivity index (χ4n) is 4.68. The van der Waals surface area contributed by atoms with Crippen LogP contribution in [0.1, 0.15) is 50.8 Å². The Labute approximate surface area is 211 Å². The minimum absolute atomic E-state index is 0.0214. The van der Waals surface area contributed by atoms with Crippen LogP contribution in [0.15, 0.2) is 57.7 Å². The summed E-state index contributed by atoms with van der Waals surface area (Å²) >= 11 is 0. The van der Waals surface area contributed by atoms with Crippen molar-refractivity contribution in [3.8, 4) is 0 Å². The lowest BCUT2D eigenvalue weighted by Gasteiger charge is -2.32. The molecule has 1 atom stereocenters. The standard InChI is InChI=1S/C28H35N3O5/c1-28(2,3)36-26(33)19-31-22-16-20(12-13-24(22)35-27(31)34)17-25(32)29(4)23(18-30-14-8-9-15-30)21-10-6-5-7-11-21/h5-7,10-13,16,23H,8-9,14-15,17-19H2,1-4H3/t23-/m1/s1. The number of aromatic nitrogens is 1. The summed E-state index contributed by atoms with van der Waals surface area (Å²) in [6.45, 7) is 7.96. The largest absolute Gasteiger partial charge is 0.459 e. The number of hydrogen-bond acceptors (Lipinski definition) is 6. The number of benzene rings is 2. The molecule has 0 spiro atoms. The third-order valence-corrected chi connectivity index (χ3v) is 6.47. The van der Waals surface area contributed by atoms with E-state index in [1.54, 1.807) is 39.0 Å². The molecule has 8 heteroatoms. The quantitative estimate of drug-likeness (QED) is 0.444. The maximum atomic E-state index is 13.4. The number of fused-ring (bicyclic) bond motifs is 1. The van der Waals surface area contributed by atoms with Gasteiger partial charge < -0.3 is 19.0 Å². The van der Waals surface area contributed by atoms with Crippen molar-refractivity contribution in [1.29, 1.82) is 0 Å². The van der Waals surface area contributed by atoms with Gasteiger partial charge in [0.25, 0.3) is 0 Å². The fraction of sp³-hybridized carbons (Fsp3) is 0.464. The number of carbonyl (C=O) groups excluding carboxylic acids is 2. The normalized spacial score (nSPS) is 15.2. The van der Waals surface area contributed by atoms with Gasteiger partial charge in [0.05, 0.1) is 18.0 Å². The Morgan fingerprint density at radius 1 is 1.08 bits per heavy atom. The molecule has 2 aromatic carbocycles. The maximum Gasteiger partial charge on any atom is 0.420 e. The van der Waals surface area contributed by atoms with E-state index in [9.17, 15) is 14.4 Å². The summed E-state index contributed by atoms with van der Waals surface area (Å²) in [5.41, 5.74) is 2.02. The van der Waals surface area contributed by atoms with Crippen LogP contribution in [-0.2, 0) is 27.3 Å². The lowest BCUT2D eigenvalue weighted by molar-refractivity contribution is -0.155. The third-order valence-electron chi connectivity index (χ3n) is 6.47. The average molecular weight is 494 g/mol. The second-order valence-corrected chi connectivity index (χ2v) is 10.5. The van der Waals surface area contributed by atoms with Crippen LogP contribution < -0.4 is 5.76 Å². The van der Waals surface area contributed by atoms with E-state index >= 15 is 0 Å². The van der Waals surface area contributed by atoms with Crippen LogP contribution in [0, 0.1) is 0 Å². The summed E-state index contributed by atoms with van der Waals surface area (Å²) in [6.07, 6.45) is 2.55. The number of hydrogen-bond donors (Lipinski definition) is 0. The van der Waals surface area contributed by atoms with Crippen LogP contribution in [0.25, 0.3) is 11.1 Å². The highest BCUT2D eigenvalue weighted by Crippen LogP contribution is 2.24. The molecule has 1 fully saturated rings. The van der Waals surface area contributed by atoms with Gasteiger partial charge in [0.1, 0.15) is 12.1 Å². The number of rotatable bonds is 8. The van der Waals surface area contributed by atoms with Gasteiger partial charge in [-0.1, -0.05) is 36.4 Å². The molecule has 0 bridgehead atoms. The van der Waals surface area contributed by atoms with Crippen LogP contribution in [-0.4, -0.2) is 58.5 Å². The molecule has 36 heavy (non-hydrogen) atoms. The van der Waals surface area contributed by atoms with Gasteiger partial charge in [0.15, 0.2) is 5.58 Å². The van der Waals surface area contributed by atoms with Gasteiger partial charge >= 0.3 is 11.7 Å².